The van der Waals surface area contributed by atoms with Gasteiger partial charge in [-0.1, -0.05) is 0 Å². The summed E-state index contributed by atoms with van der Waals surface area (Å²) >= 11 is 0. The highest BCUT2D eigenvalue weighted by atomic mass is 19.4. The molecule has 12 heteroatoms. The lowest BCUT2D eigenvalue weighted by Crippen LogP contribution is -2.27. The van der Waals surface area contributed by atoms with E-state index in [-0.39, 0.29) is 24.2 Å². The van der Waals surface area contributed by atoms with E-state index in [1.54, 1.807) is 21.8 Å². The molecule has 2 aliphatic heterocycles. The number of halogens is 3. The van der Waals surface area contributed by atoms with Crippen LogP contribution in [0.15, 0.2) is 41.9 Å². The fraction of sp³-hybridized carbons (Fsp3) is 0.348. The fourth-order valence-electron chi connectivity index (χ4n) is 4.78. The van der Waals surface area contributed by atoms with Crippen molar-refractivity contribution in [3.8, 4) is 12.1 Å². The summed E-state index contributed by atoms with van der Waals surface area (Å²) in [6.45, 7) is 1.21. The third-order valence-corrected chi connectivity index (χ3v) is 6.43. The third-order valence-electron chi connectivity index (χ3n) is 6.43. The zero-order chi connectivity index (χ0) is 24.6. The van der Waals surface area contributed by atoms with Crippen molar-refractivity contribution in [2.24, 2.45) is 10.9 Å². The van der Waals surface area contributed by atoms with Gasteiger partial charge >= 0.3 is 6.18 Å². The number of nitrogens with zero attached hydrogens (tertiary/aromatic N) is 7. The molecular formula is C23H20F3N9. The lowest BCUT2D eigenvalue weighted by atomic mass is 9.96. The molecule has 0 aromatic carbocycles. The average Bonchev–Trinajstić information content (AvgIpc) is 3.62. The van der Waals surface area contributed by atoms with E-state index >= 15 is 0 Å². The van der Waals surface area contributed by atoms with Crippen molar-refractivity contribution >= 4 is 17.3 Å². The van der Waals surface area contributed by atoms with Gasteiger partial charge in [-0.05, 0) is 18.6 Å². The maximum absolute atomic E-state index is 13.4. The third kappa shape index (κ3) is 4.08. The summed E-state index contributed by atoms with van der Waals surface area (Å²) < 4.78 is 41.9. The van der Waals surface area contributed by atoms with E-state index in [2.05, 4.69) is 31.4 Å². The summed E-state index contributed by atoms with van der Waals surface area (Å²) in [6.07, 6.45) is 2.63. The molecule has 0 amide bonds. The summed E-state index contributed by atoms with van der Waals surface area (Å²) in [4.78, 5) is 13.5. The molecule has 1 saturated heterocycles. The Labute approximate surface area is 198 Å². The van der Waals surface area contributed by atoms with Crippen LogP contribution in [0.25, 0.3) is 0 Å². The molecule has 2 N–H and O–H groups in total. The molecule has 0 spiro atoms. The second-order valence-electron chi connectivity index (χ2n) is 8.41. The minimum absolute atomic E-state index is 0.0192. The number of hydrogen-bond acceptors (Lipinski definition) is 7. The largest absolute Gasteiger partial charge is 0.417 e. The van der Waals surface area contributed by atoms with Gasteiger partial charge in [0.05, 0.1) is 36.0 Å². The molecule has 5 rings (SSSR count). The predicted molar refractivity (Wildman–Crippen MR) is 121 cm³/mol. The topological polar surface area (TPSA) is 122 Å². The quantitative estimate of drug-likeness (QED) is 0.576. The molecule has 0 radical (unpaired) electrons. The van der Waals surface area contributed by atoms with Gasteiger partial charge in [-0.3, -0.25) is 9.67 Å². The van der Waals surface area contributed by atoms with Crippen LogP contribution in [0.5, 0.6) is 0 Å². The molecule has 2 aliphatic rings. The van der Waals surface area contributed by atoms with Crippen LogP contribution in [0.4, 0.5) is 24.8 Å². The van der Waals surface area contributed by atoms with E-state index in [1.165, 1.54) is 0 Å². The number of aromatic nitrogens is 4. The first-order chi connectivity index (χ1) is 16.9. The van der Waals surface area contributed by atoms with E-state index in [0.717, 1.165) is 34.9 Å². The summed E-state index contributed by atoms with van der Waals surface area (Å²) in [7, 11) is 0. The Hall–Kier alpha value is -4.32. The molecule has 3 aromatic rings. The molecule has 0 saturated carbocycles. The van der Waals surface area contributed by atoms with Gasteiger partial charge in [-0.2, -0.15) is 28.8 Å². The summed E-state index contributed by atoms with van der Waals surface area (Å²) in [6, 6.07) is 6.34. The van der Waals surface area contributed by atoms with Crippen LogP contribution in [-0.4, -0.2) is 45.2 Å². The van der Waals surface area contributed by atoms with Crippen LogP contribution in [0, 0.1) is 28.6 Å². The van der Waals surface area contributed by atoms with Gasteiger partial charge in [-0.25, -0.2) is 4.98 Å². The van der Waals surface area contributed by atoms with Crippen molar-refractivity contribution in [2.75, 3.05) is 30.0 Å². The van der Waals surface area contributed by atoms with Crippen LogP contribution in [-0.2, 0) is 6.18 Å². The van der Waals surface area contributed by atoms with Crippen LogP contribution in [0.1, 0.15) is 41.1 Å². The minimum atomic E-state index is -4.65. The van der Waals surface area contributed by atoms with Crippen molar-refractivity contribution in [1.82, 2.24) is 19.7 Å². The molecule has 5 heterocycles. The summed E-state index contributed by atoms with van der Waals surface area (Å²) in [5.74, 6) is 0.832. The zero-order valence-electron chi connectivity index (χ0n) is 18.4. The number of hydrogen-bond donors (Lipinski definition) is 2. The number of nitriles is 2. The number of nitrogens with one attached hydrogen (secondary N) is 2. The van der Waals surface area contributed by atoms with E-state index in [1.807, 2.05) is 18.5 Å². The molecule has 9 nitrogen and oxygen atoms in total. The van der Waals surface area contributed by atoms with E-state index in [0.29, 0.717) is 26.2 Å². The summed E-state index contributed by atoms with van der Waals surface area (Å²) in [5, 5.41) is 26.6. The van der Waals surface area contributed by atoms with Gasteiger partial charge in [0.1, 0.15) is 29.9 Å². The minimum Gasteiger partial charge on any atom is -0.355 e. The van der Waals surface area contributed by atoms with E-state index < -0.39 is 17.3 Å². The molecule has 0 aliphatic carbocycles. The molecule has 1 fully saturated rings. The number of pyridine rings is 1. The van der Waals surface area contributed by atoms with Crippen molar-refractivity contribution in [2.45, 2.75) is 25.1 Å². The average molecular weight is 479 g/mol. The molecule has 0 bridgehead atoms. The molecule has 3 aromatic heterocycles. The normalized spacial score (nSPS) is 18.3. The Balaban J connectivity index is 1.40. The Morgan fingerprint density at radius 2 is 2.11 bits per heavy atom. The monoisotopic (exact) mass is 479 g/mol. The Kier molecular flexibility index (Phi) is 5.65. The van der Waals surface area contributed by atoms with Crippen LogP contribution >= 0.6 is 0 Å². The first kappa shape index (κ1) is 22.5. The van der Waals surface area contributed by atoms with Crippen LogP contribution in [0.2, 0.25) is 0 Å². The van der Waals surface area contributed by atoms with Gasteiger partial charge in [0, 0.05) is 48.7 Å². The van der Waals surface area contributed by atoms with Crippen LogP contribution < -0.4 is 10.2 Å². The maximum atomic E-state index is 13.4. The smallest absolute Gasteiger partial charge is 0.355 e. The molecule has 0 unspecified atom stereocenters. The predicted octanol–water partition coefficient (Wildman–Crippen LogP) is 3.70. The van der Waals surface area contributed by atoms with Gasteiger partial charge in [-0.15, -0.1) is 0 Å². The molecule has 2 atom stereocenters. The number of alkyl halides is 3. The molecule has 35 heavy (non-hydrogen) atoms. The van der Waals surface area contributed by atoms with E-state index in [9.17, 15) is 23.7 Å². The zero-order valence-corrected chi connectivity index (χ0v) is 18.4. The van der Waals surface area contributed by atoms with Crippen molar-refractivity contribution in [3.05, 3.63) is 59.2 Å². The Bertz CT molecular complexity index is 1360. The van der Waals surface area contributed by atoms with Crippen molar-refractivity contribution in [3.63, 3.8) is 0 Å². The number of anilines is 2. The first-order valence-electron chi connectivity index (χ1n) is 11.0. The number of fused-ring (bicyclic) bond motifs is 1. The summed E-state index contributed by atoms with van der Waals surface area (Å²) in [5.41, 5.74) is 1.06. The second kappa shape index (κ2) is 8.80. The van der Waals surface area contributed by atoms with Gasteiger partial charge in [0.2, 0.25) is 0 Å². The van der Waals surface area contributed by atoms with Gasteiger partial charge in [0.25, 0.3) is 0 Å². The standard InChI is InChI=1S/C23H20F3N9/c24-23(25,26)18-3-7-30-22(17(18)9-28)34-8-4-14(11-34)19(1-5-27)35-12-15(10-33-35)20-16-2-6-29-21(16)32-13-31-20/h2-3,6-7,10,12,14,19,29,32H,1,4,8,11,13H2/t14-,19-/m0/s1. The van der Waals surface area contributed by atoms with Gasteiger partial charge in [0.15, 0.2) is 0 Å². The fourth-order valence-corrected chi connectivity index (χ4v) is 4.78. The van der Waals surface area contributed by atoms with E-state index in [4.69, 9.17) is 0 Å². The maximum Gasteiger partial charge on any atom is 0.417 e. The number of H-pyrrole nitrogens is 1. The highest BCUT2D eigenvalue weighted by Crippen LogP contribution is 2.38. The first-order valence-corrected chi connectivity index (χ1v) is 11.0. The highest BCUT2D eigenvalue weighted by Gasteiger charge is 2.38. The van der Waals surface area contributed by atoms with Crippen LogP contribution in [0.3, 0.4) is 0 Å². The molecular weight excluding hydrogens is 459 g/mol. The van der Waals surface area contributed by atoms with Crippen molar-refractivity contribution in [1.29, 1.82) is 10.5 Å². The lowest BCUT2D eigenvalue weighted by molar-refractivity contribution is -0.137. The van der Waals surface area contributed by atoms with Gasteiger partial charge < -0.3 is 15.2 Å². The number of aliphatic imine (C=N–C) groups is 1. The SMILES string of the molecule is N#CC[C@@H]([C@H]1CCN(c2nccc(C(F)(F)F)c2C#N)C1)n1cc(C2=NCNc3[nH]ccc32)cn1. The Morgan fingerprint density at radius 3 is 2.89 bits per heavy atom. The second-order valence-corrected chi connectivity index (χ2v) is 8.41. The number of rotatable bonds is 5. The lowest BCUT2D eigenvalue weighted by Gasteiger charge is -2.24. The number of aromatic amines is 1. The molecule has 178 valence electrons. The Morgan fingerprint density at radius 1 is 1.26 bits per heavy atom. The van der Waals surface area contributed by atoms with Crippen molar-refractivity contribution < 1.29 is 13.2 Å². The highest BCUT2D eigenvalue weighted by molar-refractivity contribution is 6.16.